The number of aryl methyl sites for hydroxylation is 1. The molecule has 166 valence electrons. The van der Waals surface area contributed by atoms with Crippen LogP contribution in [0.1, 0.15) is 30.4 Å². The molecule has 5 nitrogen and oxygen atoms in total. The normalized spacial score (nSPS) is 19.9. The lowest BCUT2D eigenvalue weighted by Gasteiger charge is -2.32. The molecular formula is C25H24F2N2O3. The minimum Gasteiger partial charge on any atom is -0.464 e. The molecule has 1 unspecified atom stereocenters. The molecule has 1 aliphatic heterocycles. The maximum Gasteiger partial charge on any atom is 0.228 e. The van der Waals surface area contributed by atoms with E-state index in [9.17, 15) is 18.4 Å². The highest BCUT2D eigenvalue weighted by Crippen LogP contribution is 2.59. The van der Waals surface area contributed by atoms with Crippen LogP contribution in [0.3, 0.4) is 0 Å². The first-order valence-electron chi connectivity index (χ1n) is 10.8. The zero-order valence-corrected chi connectivity index (χ0v) is 17.8. The van der Waals surface area contributed by atoms with Gasteiger partial charge in [0.15, 0.2) is 17.1 Å². The van der Waals surface area contributed by atoms with Gasteiger partial charge < -0.3 is 9.73 Å². The van der Waals surface area contributed by atoms with Gasteiger partial charge in [-0.15, -0.1) is 0 Å². The van der Waals surface area contributed by atoms with Crippen molar-refractivity contribution >= 4 is 22.6 Å². The van der Waals surface area contributed by atoms with Crippen molar-refractivity contribution < 1.29 is 18.0 Å². The van der Waals surface area contributed by atoms with Crippen LogP contribution in [0.2, 0.25) is 0 Å². The summed E-state index contributed by atoms with van der Waals surface area (Å²) < 4.78 is 32.1. The highest BCUT2D eigenvalue weighted by Gasteiger charge is 2.58. The first-order valence-corrected chi connectivity index (χ1v) is 10.8. The second-order valence-corrected chi connectivity index (χ2v) is 9.10. The Hall–Kier alpha value is -3.06. The summed E-state index contributed by atoms with van der Waals surface area (Å²) >= 11 is 0. The lowest BCUT2D eigenvalue weighted by atomic mass is 9.90. The topological polar surface area (TPSA) is 62.6 Å². The average molecular weight is 438 g/mol. The van der Waals surface area contributed by atoms with Crippen LogP contribution in [0.4, 0.5) is 14.5 Å². The summed E-state index contributed by atoms with van der Waals surface area (Å²) in [6.45, 7) is 4.05. The maximum atomic E-state index is 13.4. The molecule has 1 aromatic heterocycles. The first kappa shape index (κ1) is 20.8. The van der Waals surface area contributed by atoms with Gasteiger partial charge in [-0.1, -0.05) is 11.6 Å². The molecule has 7 heteroatoms. The molecule has 3 aromatic rings. The van der Waals surface area contributed by atoms with Crippen molar-refractivity contribution in [2.75, 3.05) is 18.4 Å². The third-order valence-corrected chi connectivity index (χ3v) is 6.94. The number of carbonyl (C=O) groups excluding carboxylic acids is 1. The number of anilines is 1. The Bertz CT molecular complexity index is 1260. The van der Waals surface area contributed by atoms with E-state index >= 15 is 0 Å². The van der Waals surface area contributed by atoms with Gasteiger partial charge >= 0.3 is 0 Å². The third kappa shape index (κ3) is 3.81. The number of carbonyl (C=O) groups is 1. The van der Waals surface area contributed by atoms with Crippen molar-refractivity contribution in [3.05, 3.63) is 75.6 Å². The van der Waals surface area contributed by atoms with E-state index in [1.54, 1.807) is 6.26 Å². The quantitative estimate of drug-likeness (QED) is 0.646. The fraction of sp³-hybridized carbons (Fsp3) is 0.360. The van der Waals surface area contributed by atoms with Crippen LogP contribution in [-0.4, -0.2) is 23.9 Å². The van der Waals surface area contributed by atoms with Crippen molar-refractivity contribution in [3.63, 3.8) is 0 Å². The number of fused-ring (bicyclic) bond motifs is 1. The van der Waals surface area contributed by atoms with Gasteiger partial charge in [0.1, 0.15) is 5.58 Å². The maximum absolute atomic E-state index is 13.4. The summed E-state index contributed by atoms with van der Waals surface area (Å²) in [6, 6.07) is 8.97. The molecule has 1 N–H and O–H groups in total. The zero-order valence-electron chi connectivity index (χ0n) is 17.8. The second-order valence-electron chi connectivity index (χ2n) is 9.10. The van der Waals surface area contributed by atoms with Crippen LogP contribution in [0.5, 0.6) is 0 Å². The molecule has 2 aliphatic rings. The van der Waals surface area contributed by atoms with E-state index in [0.29, 0.717) is 23.1 Å². The van der Waals surface area contributed by atoms with Crippen LogP contribution in [0.25, 0.3) is 11.0 Å². The second kappa shape index (κ2) is 7.81. The number of halogens is 2. The number of nitrogens with one attached hydrogen (secondary N) is 1. The summed E-state index contributed by atoms with van der Waals surface area (Å²) in [6.07, 6.45) is 4.08. The number of hydrogen-bond acceptors (Lipinski definition) is 4. The van der Waals surface area contributed by atoms with E-state index in [1.165, 1.54) is 6.07 Å². The molecule has 1 saturated carbocycles. The molecule has 1 spiro atoms. The van der Waals surface area contributed by atoms with Crippen LogP contribution >= 0.6 is 0 Å². The smallest absolute Gasteiger partial charge is 0.228 e. The highest BCUT2D eigenvalue weighted by molar-refractivity contribution is 5.95. The molecule has 1 aliphatic carbocycles. The lowest BCUT2D eigenvalue weighted by Crippen LogP contribution is -2.36. The van der Waals surface area contributed by atoms with Crippen LogP contribution in [0.15, 0.2) is 51.9 Å². The molecule has 1 saturated heterocycles. The molecule has 32 heavy (non-hydrogen) atoms. The van der Waals surface area contributed by atoms with Crippen molar-refractivity contribution in [1.29, 1.82) is 0 Å². The number of amides is 1. The summed E-state index contributed by atoms with van der Waals surface area (Å²) in [5.74, 6) is -2.18. The van der Waals surface area contributed by atoms with Gasteiger partial charge in [-0.3, -0.25) is 14.5 Å². The summed E-state index contributed by atoms with van der Waals surface area (Å²) in [7, 11) is 0. The summed E-state index contributed by atoms with van der Waals surface area (Å²) in [4.78, 5) is 27.7. The number of nitrogens with zero attached hydrogens (tertiary/aromatic N) is 1. The Morgan fingerprint density at radius 3 is 2.69 bits per heavy atom. The van der Waals surface area contributed by atoms with E-state index < -0.39 is 11.6 Å². The predicted molar refractivity (Wildman–Crippen MR) is 117 cm³/mol. The standard InChI is InChI=1S/C25H24F2N2O3/c1-15-2-5-22-18(10-15)23(30)16(14-32-22)13-29-8-6-25(7-9-29)12-19(25)24(31)28-17-3-4-20(26)21(27)11-17/h2-5,10-11,14,19H,6-9,12-13H2,1H3,(H,28,31). The van der Waals surface area contributed by atoms with Crippen LogP contribution in [-0.2, 0) is 11.3 Å². The molecule has 1 amide bonds. The Labute approximate surface area is 184 Å². The summed E-state index contributed by atoms with van der Waals surface area (Å²) in [5.41, 5.74) is 2.49. The molecular weight excluding hydrogens is 414 g/mol. The number of benzene rings is 2. The number of piperidine rings is 1. The predicted octanol–water partition coefficient (Wildman–Crippen LogP) is 4.62. The number of likely N-dealkylation sites (tertiary alicyclic amines) is 1. The third-order valence-electron chi connectivity index (χ3n) is 6.94. The molecule has 2 fully saturated rings. The van der Waals surface area contributed by atoms with Gasteiger partial charge in [0.25, 0.3) is 0 Å². The molecule has 5 rings (SSSR count). The van der Waals surface area contributed by atoms with E-state index in [2.05, 4.69) is 10.2 Å². The van der Waals surface area contributed by atoms with Crippen LogP contribution in [0, 0.1) is 29.9 Å². The first-order chi connectivity index (χ1) is 15.3. The lowest BCUT2D eigenvalue weighted by molar-refractivity contribution is -0.118. The Morgan fingerprint density at radius 2 is 1.94 bits per heavy atom. The minimum absolute atomic E-state index is 0.00504. The van der Waals surface area contributed by atoms with E-state index in [0.717, 1.165) is 50.0 Å². The molecule has 2 aromatic carbocycles. The average Bonchev–Trinajstić information content (AvgIpc) is 3.48. The summed E-state index contributed by atoms with van der Waals surface area (Å²) in [5, 5.41) is 3.31. The van der Waals surface area contributed by atoms with Gasteiger partial charge in [-0.05, 0) is 69.0 Å². The van der Waals surface area contributed by atoms with Crippen molar-refractivity contribution in [1.82, 2.24) is 4.90 Å². The molecule has 0 radical (unpaired) electrons. The van der Waals surface area contributed by atoms with E-state index in [4.69, 9.17) is 4.42 Å². The van der Waals surface area contributed by atoms with Crippen LogP contribution < -0.4 is 10.7 Å². The van der Waals surface area contributed by atoms with Gasteiger partial charge in [0.2, 0.25) is 5.91 Å². The molecule has 0 bridgehead atoms. The molecule has 2 heterocycles. The van der Waals surface area contributed by atoms with Gasteiger partial charge in [0, 0.05) is 29.8 Å². The highest BCUT2D eigenvalue weighted by atomic mass is 19.2. The monoisotopic (exact) mass is 438 g/mol. The fourth-order valence-corrected chi connectivity index (χ4v) is 4.87. The van der Waals surface area contributed by atoms with Gasteiger partial charge in [0.05, 0.1) is 11.6 Å². The largest absolute Gasteiger partial charge is 0.464 e. The SMILES string of the molecule is Cc1ccc2occ(CN3CCC4(CC3)CC4C(=O)Nc3ccc(F)c(F)c3)c(=O)c2c1. The van der Waals surface area contributed by atoms with Crippen molar-refractivity contribution in [3.8, 4) is 0 Å². The van der Waals surface area contributed by atoms with Gasteiger partial charge in [-0.25, -0.2) is 8.78 Å². The number of hydrogen-bond donors (Lipinski definition) is 1. The number of rotatable bonds is 4. The Balaban J connectivity index is 1.20. The van der Waals surface area contributed by atoms with E-state index in [1.807, 2.05) is 25.1 Å². The van der Waals surface area contributed by atoms with Crippen molar-refractivity contribution in [2.45, 2.75) is 32.7 Å². The van der Waals surface area contributed by atoms with Crippen molar-refractivity contribution in [2.24, 2.45) is 11.3 Å². The Morgan fingerprint density at radius 1 is 1.16 bits per heavy atom. The fourth-order valence-electron chi connectivity index (χ4n) is 4.87. The minimum atomic E-state index is -0.977. The van der Waals surface area contributed by atoms with Gasteiger partial charge in [-0.2, -0.15) is 0 Å². The zero-order chi connectivity index (χ0) is 22.5. The molecule has 1 atom stereocenters. The Kier molecular flexibility index (Phi) is 5.08. The van der Waals surface area contributed by atoms with E-state index in [-0.39, 0.29) is 28.4 Å².